The Bertz CT molecular complexity index is 605. The van der Waals surface area contributed by atoms with Crippen LogP contribution in [0.25, 0.3) is 0 Å². The molecule has 0 saturated heterocycles. The van der Waals surface area contributed by atoms with Crippen molar-refractivity contribution in [2.75, 3.05) is 18.9 Å². The number of pyridine rings is 1. The fraction of sp³-hybridized carbons (Fsp3) is 0.200. The van der Waals surface area contributed by atoms with Crippen molar-refractivity contribution in [2.24, 2.45) is 0 Å². The Hall–Kier alpha value is -2.08. The predicted molar refractivity (Wildman–Crippen MR) is 85.2 cm³/mol. The zero-order chi connectivity index (χ0) is 15.1. The van der Waals surface area contributed by atoms with E-state index in [2.05, 4.69) is 26.2 Å². The van der Waals surface area contributed by atoms with Gasteiger partial charge in [0.2, 0.25) is 0 Å². The molecule has 5 nitrogen and oxygen atoms in total. The van der Waals surface area contributed by atoms with E-state index in [1.165, 1.54) is 0 Å². The number of halogens is 1. The van der Waals surface area contributed by atoms with E-state index in [9.17, 15) is 4.79 Å². The molecular weight excluding hydrogens is 334 g/mol. The summed E-state index contributed by atoms with van der Waals surface area (Å²) in [6, 6.07) is 11.2. The quantitative estimate of drug-likeness (QED) is 0.786. The van der Waals surface area contributed by atoms with Crippen LogP contribution in [0.2, 0.25) is 0 Å². The first-order valence-corrected chi connectivity index (χ1v) is 7.33. The topological polar surface area (TPSA) is 77.2 Å². The molecule has 0 aliphatic heterocycles. The van der Waals surface area contributed by atoms with Gasteiger partial charge in [-0.3, -0.25) is 4.79 Å². The first-order valence-electron chi connectivity index (χ1n) is 6.54. The second kappa shape index (κ2) is 7.64. The number of anilines is 1. The van der Waals surface area contributed by atoms with Crippen molar-refractivity contribution < 1.29 is 9.53 Å². The van der Waals surface area contributed by atoms with Crippen LogP contribution in [0.1, 0.15) is 16.8 Å². The molecule has 6 heteroatoms. The lowest BCUT2D eigenvalue weighted by Gasteiger charge is -2.08. The van der Waals surface area contributed by atoms with Crippen LogP contribution in [0.4, 0.5) is 5.82 Å². The molecule has 1 aromatic heterocycles. The van der Waals surface area contributed by atoms with Crippen LogP contribution in [0, 0.1) is 0 Å². The number of ether oxygens (including phenoxy) is 1. The molecular formula is C15H16BrN3O2. The molecule has 21 heavy (non-hydrogen) atoms. The number of carbonyl (C=O) groups excluding carboxylic acids is 1. The standard InChI is InChI=1S/C15H16BrN3O2/c16-11-9-13(14(17)19-10-11)15(20)18-7-4-8-21-12-5-2-1-3-6-12/h1-3,5-6,9-10H,4,7-8H2,(H2,17,19)(H,18,20). The molecule has 2 aromatic rings. The van der Waals surface area contributed by atoms with Crippen LogP contribution in [-0.2, 0) is 0 Å². The summed E-state index contributed by atoms with van der Waals surface area (Å²) >= 11 is 3.27. The second-order valence-electron chi connectivity index (χ2n) is 4.36. The minimum Gasteiger partial charge on any atom is -0.494 e. The number of hydrogen-bond acceptors (Lipinski definition) is 4. The van der Waals surface area contributed by atoms with Crippen LogP contribution >= 0.6 is 15.9 Å². The van der Waals surface area contributed by atoms with Crippen LogP contribution in [-0.4, -0.2) is 24.0 Å². The molecule has 110 valence electrons. The largest absolute Gasteiger partial charge is 0.494 e. The highest BCUT2D eigenvalue weighted by Gasteiger charge is 2.10. The number of rotatable bonds is 6. The molecule has 0 bridgehead atoms. The highest BCUT2D eigenvalue weighted by Crippen LogP contribution is 2.15. The zero-order valence-corrected chi connectivity index (χ0v) is 13.0. The van der Waals surface area contributed by atoms with E-state index in [-0.39, 0.29) is 11.7 Å². The van der Waals surface area contributed by atoms with Gasteiger partial charge in [0, 0.05) is 17.2 Å². The molecule has 0 atom stereocenters. The van der Waals surface area contributed by atoms with Crippen LogP contribution in [0.15, 0.2) is 47.1 Å². The van der Waals surface area contributed by atoms with Crippen molar-refractivity contribution in [3.05, 3.63) is 52.6 Å². The Morgan fingerprint density at radius 2 is 2.10 bits per heavy atom. The van der Waals surface area contributed by atoms with Crippen molar-refractivity contribution in [2.45, 2.75) is 6.42 Å². The number of nitrogens with zero attached hydrogens (tertiary/aromatic N) is 1. The van der Waals surface area contributed by atoms with Crippen LogP contribution in [0.3, 0.4) is 0 Å². The molecule has 0 fully saturated rings. The minimum atomic E-state index is -0.235. The summed E-state index contributed by atoms with van der Waals surface area (Å²) < 4.78 is 6.26. The Balaban J connectivity index is 1.73. The van der Waals surface area contributed by atoms with E-state index in [4.69, 9.17) is 10.5 Å². The first-order chi connectivity index (χ1) is 10.2. The molecule has 0 unspecified atom stereocenters. The van der Waals surface area contributed by atoms with Gasteiger partial charge in [-0.2, -0.15) is 0 Å². The number of benzene rings is 1. The monoisotopic (exact) mass is 349 g/mol. The molecule has 0 saturated carbocycles. The molecule has 1 heterocycles. The third-order valence-corrected chi connectivity index (χ3v) is 3.18. The zero-order valence-electron chi connectivity index (χ0n) is 11.4. The van der Waals surface area contributed by atoms with Crippen molar-refractivity contribution in [1.29, 1.82) is 0 Å². The van der Waals surface area contributed by atoms with E-state index < -0.39 is 0 Å². The summed E-state index contributed by atoms with van der Waals surface area (Å²) in [6.07, 6.45) is 2.27. The van der Waals surface area contributed by atoms with Gasteiger partial charge in [-0.05, 0) is 40.5 Å². The SMILES string of the molecule is Nc1ncc(Br)cc1C(=O)NCCCOc1ccccc1. The van der Waals surface area contributed by atoms with Crippen molar-refractivity contribution in [3.8, 4) is 5.75 Å². The first kappa shape index (κ1) is 15.3. The Morgan fingerprint density at radius 1 is 1.33 bits per heavy atom. The smallest absolute Gasteiger partial charge is 0.255 e. The molecule has 1 aromatic carbocycles. The third kappa shape index (κ3) is 4.75. The third-order valence-electron chi connectivity index (χ3n) is 2.75. The average molecular weight is 350 g/mol. The van der Waals surface area contributed by atoms with Gasteiger partial charge in [0.25, 0.3) is 5.91 Å². The molecule has 0 aliphatic carbocycles. The summed E-state index contributed by atoms with van der Waals surface area (Å²) in [5, 5.41) is 2.79. The minimum absolute atomic E-state index is 0.219. The highest BCUT2D eigenvalue weighted by molar-refractivity contribution is 9.10. The van der Waals surface area contributed by atoms with E-state index in [1.807, 2.05) is 30.3 Å². The van der Waals surface area contributed by atoms with Crippen LogP contribution in [0.5, 0.6) is 5.75 Å². The number of aromatic nitrogens is 1. The van der Waals surface area contributed by atoms with E-state index in [0.29, 0.717) is 29.6 Å². The fourth-order valence-corrected chi connectivity index (χ4v) is 2.04. The summed E-state index contributed by atoms with van der Waals surface area (Å²) in [7, 11) is 0. The van der Waals surface area contributed by atoms with Crippen molar-refractivity contribution in [1.82, 2.24) is 10.3 Å². The van der Waals surface area contributed by atoms with Crippen molar-refractivity contribution >= 4 is 27.7 Å². The number of nitrogens with two attached hydrogens (primary N) is 1. The highest BCUT2D eigenvalue weighted by atomic mass is 79.9. The van der Waals surface area contributed by atoms with Gasteiger partial charge in [0.05, 0.1) is 12.2 Å². The van der Waals surface area contributed by atoms with E-state index in [1.54, 1.807) is 12.3 Å². The fourth-order valence-electron chi connectivity index (χ4n) is 1.71. The molecule has 0 spiro atoms. The van der Waals surface area contributed by atoms with Gasteiger partial charge < -0.3 is 15.8 Å². The lowest BCUT2D eigenvalue weighted by Crippen LogP contribution is -2.26. The van der Waals surface area contributed by atoms with Gasteiger partial charge in [-0.15, -0.1) is 0 Å². The number of nitrogens with one attached hydrogen (secondary N) is 1. The predicted octanol–water partition coefficient (Wildman–Crippen LogP) is 2.63. The Morgan fingerprint density at radius 3 is 2.86 bits per heavy atom. The maximum atomic E-state index is 12.0. The lowest BCUT2D eigenvalue weighted by atomic mass is 10.2. The van der Waals surface area contributed by atoms with Gasteiger partial charge >= 0.3 is 0 Å². The molecule has 1 amide bonds. The average Bonchev–Trinajstić information content (AvgIpc) is 2.50. The maximum absolute atomic E-state index is 12.0. The summed E-state index contributed by atoms with van der Waals surface area (Å²) in [6.45, 7) is 1.05. The molecule has 2 rings (SSSR count). The number of carbonyl (C=O) groups is 1. The number of para-hydroxylation sites is 1. The maximum Gasteiger partial charge on any atom is 0.255 e. The lowest BCUT2D eigenvalue weighted by molar-refractivity contribution is 0.0952. The van der Waals surface area contributed by atoms with Gasteiger partial charge in [0.15, 0.2) is 0 Å². The molecule has 3 N–H and O–H groups in total. The number of nitrogen functional groups attached to an aromatic ring is 1. The van der Waals surface area contributed by atoms with E-state index in [0.717, 1.165) is 5.75 Å². The Labute approximate surface area is 131 Å². The Kier molecular flexibility index (Phi) is 5.57. The molecule has 0 radical (unpaired) electrons. The summed E-state index contributed by atoms with van der Waals surface area (Å²) in [5.41, 5.74) is 6.05. The normalized spacial score (nSPS) is 10.1. The van der Waals surface area contributed by atoms with Crippen LogP contribution < -0.4 is 15.8 Å². The summed E-state index contributed by atoms with van der Waals surface area (Å²) in [5.74, 6) is 0.807. The number of amides is 1. The van der Waals surface area contributed by atoms with Gasteiger partial charge in [-0.25, -0.2) is 4.98 Å². The van der Waals surface area contributed by atoms with E-state index >= 15 is 0 Å². The van der Waals surface area contributed by atoms with Gasteiger partial charge in [0.1, 0.15) is 11.6 Å². The van der Waals surface area contributed by atoms with Gasteiger partial charge in [-0.1, -0.05) is 18.2 Å². The van der Waals surface area contributed by atoms with Crippen molar-refractivity contribution in [3.63, 3.8) is 0 Å². The summed E-state index contributed by atoms with van der Waals surface area (Å²) in [4.78, 5) is 15.9. The second-order valence-corrected chi connectivity index (χ2v) is 5.27. The number of hydrogen-bond donors (Lipinski definition) is 2. The molecule has 0 aliphatic rings.